The molecule has 3 rings (SSSR count). The number of hydrogen-bond donors (Lipinski definition) is 1. The molecular formula is C13H19N5S. The Balaban J connectivity index is 1.89. The van der Waals surface area contributed by atoms with Crippen molar-refractivity contribution in [1.82, 2.24) is 19.7 Å². The summed E-state index contributed by atoms with van der Waals surface area (Å²) in [5.74, 6) is 1.03. The van der Waals surface area contributed by atoms with Gasteiger partial charge in [-0.3, -0.25) is 4.90 Å². The van der Waals surface area contributed by atoms with E-state index in [0.29, 0.717) is 0 Å². The minimum Gasteiger partial charge on any atom is -0.326 e. The fourth-order valence-corrected chi connectivity index (χ4v) is 3.92. The molecule has 0 amide bonds. The lowest BCUT2D eigenvalue weighted by Gasteiger charge is -2.36. The van der Waals surface area contributed by atoms with Crippen LogP contribution in [0, 0.1) is 6.92 Å². The molecule has 1 aliphatic heterocycles. The second kappa shape index (κ2) is 5.03. The van der Waals surface area contributed by atoms with Crippen LogP contribution in [0.5, 0.6) is 0 Å². The van der Waals surface area contributed by atoms with Gasteiger partial charge in [-0.15, -0.1) is 21.5 Å². The van der Waals surface area contributed by atoms with Crippen LogP contribution in [0.15, 0.2) is 17.8 Å². The highest BCUT2D eigenvalue weighted by Crippen LogP contribution is 2.32. The molecule has 1 aliphatic rings. The van der Waals surface area contributed by atoms with Gasteiger partial charge in [-0.25, -0.2) is 0 Å². The zero-order valence-corrected chi connectivity index (χ0v) is 12.1. The average molecular weight is 277 g/mol. The predicted molar refractivity (Wildman–Crippen MR) is 75.9 cm³/mol. The molecule has 0 bridgehead atoms. The van der Waals surface area contributed by atoms with Crippen LogP contribution in [0.25, 0.3) is 0 Å². The van der Waals surface area contributed by atoms with E-state index in [1.165, 1.54) is 10.4 Å². The van der Waals surface area contributed by atoms with E-state index in [-0.39, 0.29) is 12.1 Å². The Morgan fingerprint density at radius 3 is 2.95 bits per heavy atom. The minimum absolute atomic E-state index is 0.104. The third-order valence-corrected chi connectivity index (χ3v) is 4.82. The van der Waals surface area contributed by atoms with E-state index in [0.717, 1.165) is 25.5 Å². The van der Waals surface area contributed by atoms with Crippen molar-refractivity contribution < 1.29 is 0 Å². The van der Waals surface area contributed by atoms with Crippen molar-refractivity contribution in [3.05, 3.63) is 34.0 Å². The van der Waals surface area contributed by atoms with Gasteiger partial charge in [-0.05, 0) is 30.9 Å². The lowest BCUT2D eigenvalue weighted by Crippen LogP contribution is -2.43. The number of aryl methyl sites for hydroxylation is 1. The highest BCUT2D eigenvalue weighted by atomic mass is 32.1. The van der Waals surface area contributed by atoms with Crippen molar-refractivity contribution in [3.8, 4) is 0 Å². The largest absolute Gasteiger partial charge is 0.326 e. The summed E-state index contributed by atoms with van der Waals surface area (Å²) in [7, 11) is 0. The number of thiophene rings is 1. The molecule has 19 heavy (non-hydrogen) atoms. The first-order valence-electron chi connectivity index (χ1n) is 6.57. The van der Waals surface area contributed by atoms with E-state index >= 15 is 0 Å². The summed E-state index contributed by atoms with van der Waals surface area (Å²) >= 11 is 1.80. The molecule has 0 aliphatic carbocycles. The van der Waals surface area contributed by atoms with Gasteiger partial charge < -0.3 is 10.3 Å². The molecule has 0 saturated heterocycles. The number of fused-ring (bicyclic) bond motifs is 1. The van der Waals surface area contributed by atoms with Gasteiger partial charge in [-0.2, -0.15) is 0 Å². The Morgan fingerprint density at radius 2 is 2.26 bits per heavy atom. The van der Waals surface area contributed by atoms with Crippen LogP contribution in [-0.4, -0.2) is 32.3 Å². The standard InChI is InChI=1S/C13H19N5S/c1-9-3-6-19-13(9)12(10(2)14)17-4-5-18-8-15-16-11(18)7-17/h3,6,8,10,12H,4-5,7,14H2,1-2H3. The zero-order chi connectivity index (χ0) is 13.4. The van der Waals surface area contributed by atoms with Crippen LogP contribution >= 0.6 is 11.3 Å². The Hall–Kier alpha value is -1.24. The van der Waals surface area contributed by atoms with E-state index < -0.39 is 0 Å². The van der Waals surface area contributed by atoms with Gasteiger partial charge in [0.15, 0.2) is 0 Å². The lowest BCUT2D eigenvalue weighted by molar-refractivity contribution is 0.138. The third kappa shape index (κ3) is 2.31. The molecule has 2 unspecified atom stereocenters. The van der Waals surface area contributed by atoms with Crippen molar-refractivity contribution in [3.63, 3.8) is 0 Å². The summed E-state index contributed by atoms with van der Waals surface area (Å²) in [6.07, 6.45) is 1.81. The van der Waals surface area contributed by atoms with Crippen LogP contribution in [0.2, 0.25) is 0 Å². The van der Waals surface area contributed by atoms with Crippen molar-refractivity contribution in [2.24, 2.45) is 5.73 Å². The van der Waals surface area contributed by atoms with Gasteiger partial charge in [-0.1, -0.05) is 0 Å². The van der Waals surface area contributed by atoms with Crippen LogP contribution in [0.1, 0.15) is 29.2 Å². The molecule has 2 atom stereocenters. The monoisotopic (exact) mass is 277 g/mol. The van der Waals surface area contributed by atoms with Crippen molar-refractivity contribution in [2.45, 2.75) is 39.0 Å². The summed E-state index contributed by atoms with van der Waals surface area (Å²) in [5, 5.41) is 10.3. The molecule has 2 N–H and O–H groups in total. The molecule has 102 valence electrons. The predicted octanol–water partition coefficient (Wildman–Crippen LogP) is 1.55. The molecular weight excluding hydrogens is 258 g/mol. The van der Waals surface area contributed by atoms with Crippen LogP contribution in [0.4, 0.5) is 0 Å². The van der Waals surface area contributed by atoms with E-state index in [9.17, 15) is 0 Å². The van der Waals surface area contributed by atoms with Gasteiger partial charge >= 0.3 is 0 Å². The fraction of sp³-hybridized carbons (Fsp3) is 0.538. The average Bonchev–Trinajstić information content (AvgIpc) is 2.98. The normalized spacial score (nSPS) is 19.1. The minimum atomic E-state index is 0.104. The van der Waals surface area contributed by atoms with Gasteiger partial charge in [0.2, 0.25) is 0 Å². The van der Waals surface area contributed by atoms with E-state index in [1.54, 1.807) is 11.3 Å². The molecule has 0 radical (unpaired) electrons. The number of rotatable bonds is 3. The molecule has 3 heterocycles. The summed E-state index contributed by atoms with van der Waals surface area (Å²) in [6.45, 7) is 7.00. The van der Waals surface area contributed by atoms with Gasteiger partial charge in [0, 0.05) is 24.0 Å². The SMILES string of the molecule is Cc1ccsc1C(C(C)N)N1CCn2cnnc2C1. The first-order chi connectivity index (χ1) is 9.16. The van der Waals surface area contributed by atoms with Gasteiger partial charge in [0.1, 0.15) is 12.2 Å². The van der Waals surface area contributed by atoms with Crippen molar-refractivity contribution >= 4 is 11.3 Å². The van der Waals surface area contributed by atoms with Crippen LogP contribution < -0.4 is 5.73 Å². The van der Waals surface area contributed by atoms with Crippen LogP contribution in [0.3, 0.4) is 0 Å². The van der Waals surface area contributed by atoms with E-state index in [2.05, 4.69) is 45.0 Å². The topological polar surface area (TPSA) is 60.0 Å². The number of aromatic nitrogens is 3. The molecule has 6 heteroatoms. The first kappa shape index (κ1) is 12.8. The maximum absolute atomic E-state index is 6.25. The quantitative estimate of drug-likeness (QED) is 0.925. The Labute approximate surface area is 117 Å². The second-order valence-corrected chi connectivity index (χ2v) is 6.13. The third-order valence-electron chi connectivity index (χ3n) is 3.73. The second-order valence-electron chi connectivity index (χ2n) is 5.18. The van der Waals surface area contributed by atoms with E-state index in [4.69, 9.17) is 5.73 Å². The highest BCUT2D eigenvalue weighted by Gasteiger charge is 2.29. The summed E-state index contributed by atoms with van der Waals surface area (Å²) in [6, 6.07) is 2.54. The molecule has 0 aromatic carbocycles. The smallest absolute Gasteiger partial charge is 0.147 e. The number of hydrogen-bond acceptors (Lipinski definition) is 5. The fourth-order valence-electron chi connectivity index (χ4n) is 2.75. The summed E-state index contributed by atoms with van der Waals surface area (Å²) < 4.78 is 2.12. The van der Waals surface area contributed by atoms with Crippen molar-refractivity contribution in [1.29, 1.82) is 0 Å². The maximum atomic E-state index is 6.25. The zero-order valence-electron chi connectivity index (χ0n) is 11.3. The number of nitrogens with two attached hydrogens (primary N) is 1. The maximum Gasteiger partial charge on any atom is 0.147 e. The highest BCUT2D eigenvalue weighted by molar-refractivity contribution is 7.10. The molecule has 2 aromatic rings. The van der Waals surface area contributed by atoms with Crippen molar-refractivity contribution in [2.75, 3.05) is 6.54 Å². The molecule has 2 aromatic heterocycles. The Kier molecular flexibility index (Phi) is 3.38. The summed E-state index contributed by atoms with van der Waals surface area (Å²) in [4.78, 5) is 3.80. The first-order valence-corrected chi connectivity index (χ1v) is 7.45. The lowest BCUT2D eigenvalue weighted by atomic mass is 10.0. The molecule has 0 saturated carbocycles. The number of nitrogens with zero attached hydrogens (tertiary/aromatic N) is 4. The Morgan fingerprint density at radius 1 is 1.42 bits per heavy atom. The molecule has 0 spiro atoms. The van der Waals surface area contributed by atoms with Crippen LogP contribution in [-0.2, 0) is 13.1 Å². The van der Waals surface area contributed by atoms with Gasteiger partial charge in [0.05, 0.1) is 12.6 Å². The Bertz CT molecular complexity index is 559. The van der Waals surface area contributed by atoms with E-state index in [1.807, 2.05) is 6.33 Å². The molecule has 5 nitrogen and oxygen atoms in total. The summed E-state index contributed by atoms with van der Waals surface area (Å²) in [5.41, 5.74) is 7.58. The van der Waals surface area contributed by atoms with Gasteiger partial charge in [0.25, 0.3) is 0 Å². The molecule has 0 fully saturated rings.